The highest BCUT2D eigenvalue weighted by Crippen LogP contribution is 2.59. The molecule has 14 rings (SSSR count). The molecule has 0 heterocycles. The lowest BCUT2D eigenvalue weighted by molar-refractivity contribution is 0.506. The predicted molar refractivity (Wildman–Crippen MR) is 341 cm³/mol. The molecule has 0 unspecified atom stereocenters. The number of unbranched alkanes of at least 4 members (excludes halogenated alkanes) is 5. The van der Waals surface area contributed by atoms with Gasteiger partial charge in [-0.2, -0.15) is 0 Å². The minimum absolute atomic E-state index is 0.255. The van der Waals surface area contributed by atoms with Gasteiger partial charge in [-0.15, -0.1) is 0 Å². The first-order valence-electron chi connectivity index (χ1n) is 28.7. The zero-order chi connectivity index (χ0) is 53.8. The number of hydrogen-bond acceptors (Lipinski definition) is 1. The molecule has 0 amide bonds. The molecule has 11 aromatic carbocycles. The first-order valence-corrected chi connectivity index (χ1v) is 30.3. The fourth-order valence-corrected chi connectivity index (χ4v) is 15.3. The quantitative estimate of drug-likeness (QED) is 0.0925. The van der Waals surface area contributed by atoms with E-state index in [0.717, 1.165) is 32.4 Å². The first kappa shape index (κ1) is 50.4. The lowest BCUT2D eigenvalue weighted by atomic mass is 9.67. The largest absolute Gasteiger partial charge is 0.311 e. The van der Waals surface area contributed by atoms with E-state index in [-0.39, 0.29) is 5.41 Å². The Labute approximate surface area is 488 Å². The van der Waals surface area contributed by atoms with Gasteiger partial charge >= 0.3 is 0 Å². The van der Waals surface area contributed by atoms with Crippen LogP contribution in [-0.2, 0) is 16.2 Å². The van der Waals surface area contributed by atoms with Crippen LogP contribution in [0.4, 0.5) is 17.1 Å². The van der Waals surface area contributed by atoms with E-state index < -0.39 is 10.8 Å². The number of halogens is 2. The summed E-state index contributed by atoms with van der Waals surface area (Å²) in [4.78, 5) is 2.47. The molecule has 0 N–H and O–H groups in total. The second-order valence-corrected chi connectivity index (χ2v) is 24.0. The maximum Gasteiger partial charge on any atom is 0.0713 e. The molecular weight excluding hydrogens is 1100 g/mol. The van der Waals surface area contributed by atoms with Gasteiger partial charge in [0.1, 0.15) is 0 Å². The van der Waals surface area contributed by atoms with E-state index in [2.05, 4.69) is 311 Å². The summed E-state index contributed by atoms with van der Waals surface area (Å²) in [5, 5.41) is 0. The number of benzene rings is 11. The van der Waals surface area contributed by atoms with Crippen molar-refractivity contribution in [1.29, 1.82) is 0 Å². The molecule has 0 aliphatic heterocycles. The molecule has 11 aromatic rings. The van der Waals surface area contributed by atoms with Gasteiger partial charge in [-0.05, 0) is 162 Å². The molecule has 0 radical (unpaired) electrons. The monoisotopic (exact) mass is 1160 g/mol. The zero-order valence-electron chi connectivity index (χ0n) is 45.1. The van der Waals surface area contributed by atoms with E-state index in [9.17, 15) is 0 Å². The van der Waals surface area contributed by atoms with E-state index in [4.69, 9.17) is 0 Å². The lowest BCUT2D eigenvalue weighted by Gasteiger charge is -2.35. The smallest absolute Gasteiger partial charge is 0.0713 e. The summed E-state index contributed by atoms with van der Waals surface area (Å²) in [5.74, 6) is 0. The van der Waals surface area contributed by atoms with Crippen molar-refractivity contribution >= 4 is 48.9 Å². The summed E-state index contributed by atoms with van der Waals surface area (Å²) in [5.41, 5.74) is 24.2. The predicted octanol–water partition coefficient (Wildman–Crippen LogP) is 21.5. The fraction of sp³-hybridized carbons (Fsp3) is 0.143. The average molecular weight is 1160 g/mol. The molecule has 0 fully saturated rings. The molecule has 0 spiro atoms. The summed E-state index contributed by atoms with van der Waals surface area (Å²) < 4.78 is 2.13. The van der Waals surface area contributed by atoms with Crippen molar-refractivity contribution in [3.8, 4) is 33.4 Å². The van der Waals surface area contributed by atoms with Gasteiger partial charge in [0.2, 0.25) is 0 Å². The second-order valence-electron chi connectivity index (χ2n) is 22.2. The Kier molecular flexibility index (Phi) is 13.0. The Morgan fingerprint density at radius 3 is 0.875 bits per heavy atom. The van der Waals surface area contributed by atoms with E-state index in [1.807, 2.05) is 0 Å². The normalized spacial score (nSPS) is 14.3. The molecule has 3 aliphatic carbocycles. The molecule has 80 heavy (non-hydrogen) atoms. The molecule has 0 bridgehead atoms. The number of nitrogens with zero attached hydrogens (tertiary/aromatic N) is 1. The van der Waals surface area contributed by atoms with Crippen LogP contribution in [-0.4, -0.2) is 0 Å². The van der Waals surface area contributed by atoms with Crippen molar-refractivity contribution in [1.82, 2.24) is 0 Å². The highest BCUT2D eigenvalue weighted by Gasteiger charge is 2.48. The minimum Gasteiger partial charge on any atom is -0.311 e. The van der Waals surface area contributed by atoms with Crippen LogP contribution in [0.5, 0.6) is 0 Å². The average Bonchev–Trinajstić information content (AvgIpc) is 4.30. The topological polar surface area (TPSA) is 3.24 Å². The van der Waals surface area contributed by atoms with Crippen LogP contribution in [0.15, 0.2) is 276 Å². The van der Waals surface area contributed by atoms with E-state index in [0.29, 0.717) is 0 Å². The summed E-state index contributed by atoms with van der Waals surface area (Å²) in [6, 6.07) is 101. The molecule has 0 saturated carbocycles. The standard InChI is InChI=1S/C77H61Br2N/c1-2-3-4-5-6-19-52-75(69-26-13-7-20-63(69)64-21-8-14-27-70(64)75)53-36-46-60(47-37-53)80(61-48-38-56(39-49-61)76(54-32-42-58(78)43-33-54)71-28-15-9-22-65(71)66-23-10-16-29-72(66)76)62-50-40-57(41-51-62)77(55-34-44-59(79)45-35-55)73-30-17-11-24-67(73)68-25-12-18-31-74(68)77/h7-18,20-51H,2-6,19,52H2,1H3. The molecule has 3 aliphatic rings. The van der Waals surface area contributed by atoms with Crippen molar-refractivity contribution in [3.05, 3.63) is 337 Å². The van der Waals surface area contributed by atoms with Crippen LogP contribution in [0.1, 0.15) is 113 Å². The third-order valence-electron chi connectivity index (χ3n) is 18.2. The van der Waals surface area contributed by atoms with Gasteiger partial charge in [0.05, 0.1) is 10.8 Å². The van der Waals surface area contributed by atoms with Crippen molar-refractivity contribution in [3.63, 3.8) is 0 Å². The SMILES string of the molecule is CCCCCCCCC1(c2ccc(N(c3ccc(C4(c5ccc(Br)cc5)c5ccccc5-c5ccccc54)cc3)c3ccc(C4(c5ccc(Br)cc5)c5ccccc5-c5ccccc54)cc3)cc2)c2ccccc2-c2ccccc21. The molecule has 388 valence electrons. The van der Waals surface area contributed by atoms with Crippen LogP contribution in [0.3, 0.4) is 0 Å². The van der Waals surface area contributed by atoms with Crippen LogP contribution < -0.4 is 4.90 Å². The molecule has 0 atom stereocenters. The van der Waals surface area contributed by atoms with Crippen LogP contribution in [0, 0.1) is 0 Å². The van der Waals surface area contributed by atoms with E-state index in [1.165, 1.54) is 133 Å². The number of hydrogen-bond donors (Lipinski definition) is 0. The van der Waals surface area contributed by atoms with Crippen LogP contribution in [0.2, 0.25) is 0 Å². The van der Waals surface area contributed by atoms with E-state index >= 15 is 0 Å². The van der Waals surface area contributed by atoms with Gasteiger partial charge < -0.3 is 4.90 Å². The van der Waals surface area contributed by atoms with Crippen molar-refractivity contribution in [2.75, 3.05) is 4.90 Å². The fourth-order valence-electron chi connectivity index (χ4n) is 14.7. The van der Waals surface area contributed by atoms with Gasteiger partial charge in [-0.3, -0.25) is 0 Å². The molecule has 0 aromatic heterocycles. The Hall–Kier alpha value is -7.82. The number of anilines is 3. The third kappa shape index (κ3) is 7.82. The Morgan fingerprint density at radius 1 is 0.275 bits per heavy atom. The highest BCUT2D eigenvalue weighted by atomic mass is 79.9. The molecule has 3 heteroatoms. The molecule has 0 saturated heterocycles. The van der Waals surface area contributed by atoms with Crippen molar-refractivity contribution in [2.45, 2.75) is 68.1 Å². The second kappa shape index (κ2) is 20.7. The van der Waals surface area contributed by atoms with Crippen LogP contribution in [0.25, 0.3) is 33.4 Å². The lowest BCUT2D eigenvalue weighted by Crippen LogP contribution is -2.29. The first-order chi connectivity index (χ1) is 39.5. The van der Waals surface area contributed by atoms with Gasteiger partial charge in [-0.1, -0.05) is 284 Å². The third-order valence-corrected chi connectivity index (χ3v) is 19.2. The minimum atomic E-state index is -0.520. The summed E-state index contributed by atoms with van der Waals surface area (Å²) >= 11 is 7.54. The maximum absolute atomic E-state index is 3.77. The Balaban J connectivity index is 0.934. The molecular formula is C77H61Br2N. The summed E-state index contributed by atoms with van der Waals surface area (Å²) in [7, 11) is 0. The summed E-state index contributed by atoms with van der Waals surface area (Å²) in [6.45, 7) is 2.31. The van der Waals surface area contributed by atoms with Gasteiger partial charge in [0.25, 0.3) is 0 Å². The number of rotatable bonds is 15. The highest BCUT2D eigenvalue weighted by molar-refractivity contribution is 9.10. The zero-order valence-corrected chi connectivity index (χ0v) is 48.2. The number of fused-ring (bicyclic) bond motifs is 9. The van der Waals surface area contributed by atoms with Crippen LogP contribution >= 0.6 is 31.9 Å². The van der Waals surface area contributed by atoms with Crippen molar-refractivity contribution < 1.29 is 0 Å². The maximum atomic E-state index is 3.77. The van der Waals surface area contributed by atoms with Crippen molar-refractivity contribution in [2.24, 2.45) is 0 Å². The van der Waals surface area contributed by atoms with Gasteiger partial charge in [-0.25, -0.2) is 0 Å². The van der Waals surface area contributed by atoms with Gasteiger partial charge in [0, 0.05) is 31.4 Å². The molecule has 1 nitrogen and oxygen atoms in total. The Bertz CT molecular complexity index is 3740. The Morgan fingerprint density at radius 2 is 0.537 bits per heavy atom. The summed E-state index contributed by atoms with van der Waals surface area (Å²) in [6.07, 6.45) is 8.64. The van der Waals surface area contributed by atoms with E-state index in [1.54, 1.807) is 0 Å². The van der Waals surface area contributed by atoms with Gasteiger partial charge in [0.15, 0.2) is 0 Å².